The van der Waals surface area contributed by atoms with Gasteiger partial charge < -0.3 is 10.2 Å². The molecular weight excluding hydrogens is 352 g/mol. The van der Waals surface area contributed by atoms with Gasteiger partial charge in [0.1, 0.15) is 0 Å². The maximum absolute atomic E-state index is 12.6. The minimum atomic E-state index is -0.578. The molecule has 0 bridgehead atoms. The largest absolute Gasteiger partial charge is 0.326 e. The van der Waals surface area contributed by atoms with Crippen molar-refractivity contribution in [3.8, 4) is 0 Å². The van der Waals surface area contributed by atoms with E-state index in [2.05, 4.69) is 17.4 Å². The molecule has 0 radical (unpaired) electrons. The molecule has 1 N–H and O–H groups in total. The first-order valence-electron chi connectivity index (χ1n) is 9.84. The molecule has 1 atom stereocenters. The highest BCUT2D eigenvalue weighted by atomic mass is 16.2. The van der Waals surface area contributed by atoms with Gasteiger partial charge in [0.2, 0.25) is 5.78 Å². The Morgan fingerprint density at radius 3 is 2.36 bits per heavy atom. The molecule has 1 amide bonds. The van der Waals surface area contributed by atoms with Crippen LogP contribution in [0, 0.1) is 0 Å². The minimum Gasteiger partial charge on any atom is -0.326 e. The Kier molecular flexibility index (Phi) is 7.09. The number of aryl methyl sites for hydroxylation is 1. The van der Waals surface area contributed by atoms with Crippen LogP contribution in [0.25, 0.3) is 0 Å². The molecule has 0 aromatic heterocycles. The van der Waals surface area contributed by atoms with Gasteiger partial charge in [0, 0.05) is 12.1 Å². The summed E-state index contributed by atoms with van der Waals surface area (Å²) >= 11 is 0. The molecule has 0 aliphatic carbocycles. The smallest absolute Gasteiger partial charge is 0.295 e. The van der Waals surface area contributed by atoms with Crippen LogP contribution in [0.5, 0.6) is 0 Å². The van der Waals surface area contributed by atoms with Crippen LogP contribution in [-0.2, 0) is 16.0 Å². The lowest BCUT2D eigenvalue weighted by atomic mass is 10.1. The van der Waals surface area contributed by atoms with Crippen LogP contribution in [0.15, 0.2) is 60.7 Å². The number of Topliss-reactive ketones (excluding diaryl/α,β-unsaturated/α-hetero) is 2. The maximum atomic E-state index is 12.6. The summed E-state index contributed by atoms with van der Waals surface area (Å²) < 4.78 is 0. The van der Waals surface area contributed by atoms with Crippen LogP contribution < -0.4 is 5.32 Å². The molecule has 2 aromatic rings. The summed E-state index contributed by atoms with van der Waals surface area (Å²) in [5.41, 5.74) is 1.65. The zero-order valence-corrected chi connectivity index (χ0v) is 16.0. The predicted molar refractivity (Wildman–Crippen MR) is 108 cm³/mol. The standard InChI is InChI=1S/C23H26N2O3/c26-21(17-24-15-7-11-18-9-3-1-4-10-18)20-14-8-16-25(20)23(28)22(27)19-12-5-2-6-13-19/h1-6,9-10,12-13,20,24H,7-8,11,14-17H2/t20-/m0/s1. The minimum absolute atomic E-state index is 0.0218. The van der Waals surface area contributed by atoms with E-state index in [9.17, 15) is 14.4 Å². The van der Waals surface area contributed by atoms with Crippen molar-refractivity contribution in [2.75, 3.05) is 19.6 Å². The second kappa shape index (κ2) is 9.95. The van der Waals surface area contributed by atoms with Gasteiger partial charge in [-0.1, -0.05) is 60.7 Å². The summed E-state index contributed by atoms with van der Waals surface area (Å²) in [6, 6.07) is 18.2. The third kappa shape index (κ3) is 5.14. The lowest BCUT2D eigenvalue weighted by Gasteiger charge is -2.23. The molecule has 2 aromatic carbocycles. The second-order valence-electron chi connectivity index (χ2n) is 7.08. The van der Waals surface area contributed by atoms with Crippen molar-refractivity contribution in [2.45, 2.75) is 31.7 Å². The molecule has 0 unspecified atom stereocenters. The molecule has 1 aliphatic heterocycles. The van der Waals surface area contributed by atoms with Gasteiger partial charge in [-0.3, -0.25) is 14.4 Å². The fourth-order valence-corrected chi connectivity index (χ4v) is 3.58. The van der Waals surface area contributed by atoms with Gasteiger partial charge in [-0.25, -0.2) is 0 Å². The van der Waals surface area contributed by atoms with Gasteiger partial charge in [0.05, 0.1) is 12.6 Å². The number of likely N-dealkylation sites (tertiary alicyclic amines) is 1. The van der Waals surface area contributed by atoms with Gasteiger partial charge in [-0.2, -0.15) is 0 Å². The van der Waals surface area contributed by atoms with Crippen LogP contribution in [0.4, 0.5) is 0 Å². The van der Waals surface area contributed by atoms with Crippen LogP contribution in [0.3, 0.4) is 0 Å². The molecule has 1 saturated heterocycles. The Bertz CT molecular complexity index is 805. The first-order chi connectivity index (χ1) is 13.7. The van der Waals surface area contributed by atoms with Gasteiger partial charge in [-0.05, 0) is 37.8 Å². The number of ketones is 2. The van der Waals surface area contributed by atoms with E-state index in [0.717, 1.165) is 25.8 Å². The molecule has 0 saturated carbocycles. The zero-order valence-electron chi connectivity index (χ0n) is 16.0. The molecule has 1 fully saturated rings. The first-order valence-corrected chi connectivity index (χ1v) is 9.84. The number of benzene rings is 2. The van der Waals surface area contributed by atoms with Crippen LogP contribution in [-0.4, -0.2) is 48.0 Å². The highest BCUT2D eigenvalue weighted by Gasteiger charge is 2.36. The Balaban J connectivity index is 1.46. The molecule has 146 valence electrons. The molecule has 1 aliphatic rings. The monoisotopic (exact) mass is 378 g/mol. The highest BCUT2D eigenvalue weighted by molar-refractivity contribution is 6.43. The van der Waals surface area contributed by atoms with E-state index in [0.29, 0.717) is 18.5 Å². The molecule has 5 nitrogen and oxygen atoms in total. The third-order valence-corrected chi connectivity index (χ3v) is 5.08. The average Bonchev–Trinajstić information content (AvgIpc) is 3.23. The summed E-state index contributed by atoms with van der Waals surface area (Å²) in [4.78, 5) is 39.0. The second-order valence-corrected chi connectivity index (χ2v) is 7.08. The lowest BCUT2D eigenvalue weighted by Crippen LogP contribution is -2.46. The van der Waals surface area contributed by atoms with Crippen LogP contribution in [0.2, 0.25) is 0 Å². The van der Waals surface area contributed by atoms with Gasteiger partial charge in [-0.15, -0.1) is 0 Å². The SMILES string of the molecule is O=C(C(=O)N1CCC[C@H]1C(=O)CNCCCc1ccccc1)c1ccccc1. The number of amides is 1. The number of carbonyl (C=O) groups excluding carboxylic acids is 3. The lowest BCUT2D eigenvalue weighted by molar-refractivity contribution is -0.133. The maximum Gasteiger partial charge on any atom is 0.295 e. The summed E-state index contributed by atoms with van der Waals surface area (Å²) in [7, 11) is 0. The van der Waals surface area contributed by atoms with E-state index in [1.807, 2.05) is 18.2 Å². The number of hydrogen-bond acceptors (Lipinski definition) is 4. The zero-order chi connectivity index (χ0) is 19.8. The Morgan fingerprint density at radius 1 is 0.964 bits per heavy atom. The molecule has 0 spiro atoms. The van der Waals surface area contributed by atoms with E-state index >= 15 is 0 Å². The molecule has 5 heteroatoms. The number of nitrogens with zero attached hydrogens (tertiary/aromatic N) is 1. The first kappa shape index (κ1) is 20.0. The van der Waals surface area contributed by atoms with Crippen LogP contribution >= 0.6 is 0 Å². The molecule has 3 rings (SSSR count). The molecule has 1 heterocycles. The summed E-state index contributed by atoms with van der Waals surface area (Å²) in [6.07, 6.45) is 3.27. The van der Waals surface area contributed by atoms with Crippen molar-refractivity contribution in [3.63, 3.8) is 0 Å². The fraction of sp³-hybridized carbons (Fsp3) is 0.348. The van der Waals surface area contributed by atoms with Crippen molar-refractivity contribution in [3.05, 3.63) is 71.8 Å². The van der Waals surface area contributed by atoms with Crippen molar-refractivity contribution in [1.82, 2.24) is 10.2 Å². The highest BCUT2D eigenvalue weighted by Crippen LogP contribution is 2.19. The summed E-state index contributed by atoms with van der Waals surface area (Å²) in [6.45, 7) is 1.43. The molecule has 28 heavy (non-hydrogen) atoms. The number of rotatable bonds is 9. The van der Waals surface area contributed by atoms with Gasteiger partial charge in [0.25, 0.3) is 5.91 Å². The number of nitrogens with one attached hydrogen (secondary N) is 1. The predicted octanol–water partition coefficient (Wildman–Crippen LogP) is 2.65. The Morgan fingerprint density at radius 2 is 1.64 bits per heavy atom. The number of hydrogen-bond donors (Lipinski definition) is 1. The number of carbonyl (C=O) groups is 3. The van der Waals surface area contributed by atoms with Crippen LogP contribution in [0.1, 0.15) is 35.2 Å². The normalized spacial score (nSPS) is 16.1. The topological polar surface area (TPSA) is 66.5 Å². The molecular formula is C23H26N2O3. The van der Waals surface area contributed by atoms with E-state index in [4.69, 9.17) is 0 Å². The fourth-order valence-electron chi connectivity index (χ4n) is 3.58. The van der Waals surface area contributed by atoms with Crippen molar-refractivity contribution < 1.29 is 14.4 Å². The Labute approximate surface area is 165 Å². The van der Waals surface area contributed by atoms with E-state index in [1.165, 1.54) is 10.5 Å². The van der Waals surface area contributed by atoms with E-state index in [1.54, 1.807) is 30.3 Å². The van der Waals surface area contributed by atoms with Crippen molar-refractivity contribution in [2.24, 2.45) is 0 Å². The Hall–Kier alpha value is -2.79. The van der Waals surface area contributed by atoms with Crippen molar-refractivity contribution in [1.29, 1.82) is 0 Å². The summed E-state index contributed by atoms with van der Waals surface area (Å²) in [5, 5.41) is 3.18. The van der Waals surface area contributed by atoms with Gasteiger partial charge >= 0.3 is 0 Å². The quantitative estimate of drug-likeness (QED) is 0.414. The van der Waals surface area contributed by atoms with Gasteiger partial charge in [0.15, 0.2) is 5.78 Å². The summed E-state index contributed by atoms with van der Waals surface area (Å²) in [5.74, 6) is -1.14. The van der Waals surface area contributed by atoms with E-state index in [-0.39, 0.29) is 12.3 Å². The average molecular weight is 378 g/mol. The third-order valence-electron chi connectivity index (χ3n) is 5.08. The van der Waals surface area contributed by atoms with E-state index < -0.39 is 17.7 Å². The van der Waals surface area contributed by atoms with Crippen molar-refractivity contribution >= 4 is 17.5 Å².